The third-order valence-electron chi connectivity index (χ3n) is 3.74. The van der Waals surface area contributed by atoms with Crippen LogP contribution in [0.5, 0.6) is 0 Å². The van der Waals surface area contributed by atoms with E-state index in [1.165, 1.54) is 12.8 Å². The lowest BCUT2D eigenvalue weighted by Crippen LogP contribution is -2.04. The van der Waals surface area contributed by atoms with Crippen LogP contribution in [0.15, 0.2) is 42.9 Å². The molecule has 0 N–H and O–H groups in total. The number of rotatable bonds is 6. The molecule has 4 nitrogen and oxygen atoms in total. The molecule has 3 rings (SSSR count). The summed E-state index contributed by atoms with van der Waals surface area (Å²) in [5, 5.41) is 0.0845. The third kappa shape index (κ3) is 3.14. The molecule has 0 aliphatic carbocycles. The van der Waals surface area contributed by atoms with Gasteiger partial charge in [0.2, 0.25) is 0 Å². The number of benzene rings is 1. The minimum absolute atomic E-state index is 0.0845. The van der Waals surface area contributed by atoms with E-state index in [-0.39, 0.29) is 5.25 Å². The fourth-order valence-electron chi connectivity index (χ4n) is 2.52. The average Bonchev–Trinajstić information content (AvgIpc) is 2.99. The first-order valence-corrected chi connectivity index (χ1v) is 8.24. The Kier molecular flexibility index (Phi) is 4.73. The first kappa shape index (κ1) is 15.0. The molecule has 0 fully saturated rings. The molecule has 0 saturated heterocycles. The maximum absolute atomic E-state index is 4.68. The lowest BCUT2D eigenvalue weighted by molar-refractivity contribution is 0.644. The Morgan fingerprint density at radius 3 is 2.86 bits per heavy atom. The van der Waals surface area contributed by atoms with E-state index in [1.807, 2.05) is 34.9 Å². The van der Waals surface area contributed by atoms with Crippen molar-refractivity contribution < 1.29 is 0 Å². The summed E-state index contributed by atoms with van der Waals surface area (Å²) in [5.74, 6) is 1.63. The zero-order chi connectivity index (χ0) is 15.4. The van der Waals surface area contributed by atoms with Gasteiger partial charge in [0.25, 0.3) is 0 Å². The summed E-state index contributed by atoms with van der Waals surface area (Å²) >= 11 is 4.66. The van der Waals surface area contributed by atoms with Gasteiger partial charge >= 0.3 is 0 Å². The van der Waals surface area contributed by atoms with Gasteiger partial charge < -0.3 is 0 Å². The fourth-order valence-corrected chi connectivity index (χ4v) is 2.82. The Balaban J connectivity index is 1.87. The minimum atomic E-state index is 0.0845. The Morgan fingerprint density at radius 1 is 1.14 bits per heavy atom. The van der Waals surface area contributed by atoms with Gasteiger partial charge in [-0.05, 0) is 24.6 Å². The van der Waals surface area contributed by atoms with Crippen LogP contribution in [0.4, 0.5) is 0 Å². The number of nitrogens with zero attached hydrogens (tertiary/aromatic N) is 4. The highest BCUT2D eigenvalue weighted by Crippen LogP contribution is 2.24. The molecule has 0 amide bonds. The number of unbranched alkanes of at least 4 members (excludes halogenated alkanes) is 2. The van der Waals surface area contributed by atoms with Gasteiger partial charge in [0.15, 0.2) is 0 Å². The van der Waals surface area contributed by atoms with E-state index in [1.54, 1.807) is 12.5 Å². The van der Waals surface area contributed by atoms with Crippen LogP contribution in [0.1, 0.15) is 43.7 Å². The van der Waals surface area contributed by atoms with E-state index in [9.17, 15) is 0 Å². The molecule has 0 saturated carbocycles. The molecule has 0 spiro atoms. The molecule has 22 heavy (non-hydrogen) atoms. The van der Waals surface area contributed by atoms with Gasteiger partial charge in [0.05, 0.1) is 16.3 Å². The smallest absolute Gasteiger partial charge is 0.143 e. The summed E-state index contributed by atoms with van der Waals surface area (Å²) < 4.78 is 1.99. The summed E-state index contributed by atoms with van der Waals surface area (Å²) in [4.78, 5) is 13.5. The predicted octanol–water partition coefficient (Wildman–Crippen LogP) is 4.37. The predicted molar refractivity (Wildman–Crippen MR) is 92.5 cm³/mol. The molecular formula is C17H20N4S. The van der Waals surface area contributed by atoms with Crippen LogP contribution in [0.2, 0.25) is 0 Å². The SMILES string of the molecule is CCCCCC(S)c1nccc(-n2cnc3ccccc32)n1. The zero-order valence-corrected chi connectivity index (χ0v) is 13.6. The van der Waals surface area contributed by atoms with Gasteiger partial charge in [-0.1, -0.05) is 38.3 Å². The van der Waals surface area contributed by atoms with Crippen molar-refractivity contribution in [3.63, 3.8) is 0 Å². The second-order valence-electron chi connectivity index (χ2n) is 5.39. The van der Waals surface area contributed by atoms with Crippen molar-refractivity contribution >= 4 is 23.7 Å². The second kappa shape index (κ2) is 6.92. The molecule has 5 heteroatoms. The number of hydrogen-bond donors (Lipinski definition) is 1. The highest BCUT2D eigenvalue weighted by atomic mass is 32.1. The molecule has 2 aromatic heterocycles. The number of para-hydroxylation sites is 2. The van der Waals surface area contributed by atoms with Gasteiger partial charge in [0, 0.05) is 6.20 Å². The molecule has 2 heterocycles. The molecule has 1 aromatic carbocycles. The molecule has 0 aliphatic rings. The van der Waals surface area contributed by atoms with Crippen molar-refractivity contribution in [2.24, 2.45) is 0 Å². The van der Waals surface area contributed by atoms with Crippen molar-refractivity contribution in [2.75, 3.05) is 0 Å². The van der Waals surface area contributed by atoms with E-state index < -0.39 is 0 Å². The molecule has 0 radical (unpaired) electrons. The average molecular weight is 312 g/mol. The summed E-state index contributed by atoms with van der Waals surface area (Å²) in [6, 6.07) is 9.95. The maximum atomic E-state index is 4.68. The highest BCUT2D eigenvalue weighted by Gasteiger charge is 2.12. The van der Waals surface area contributed by atoms with E-state index in [4.69, 9.17) is 0 Å². The molecule has 3 aromatic rings. The number of hydrogen-bond acceptors (Lipinski definition) is 4. The van der Waals surface area contributed by atoms with Gasteiger partial charge in [-0.3, -0.25) is 4.57 Å². The van der Waals surface area contributed by atoms with Gasteiger partial charge in [-0.2, -0.15) is 12.6 Å². The highest BCUT2D eigenvalue weighted by molar-refractivity contribution is 7.80. The van der Waals surface area contributed by atoms with Crippen LogP contribution in [-0.2, 0) is 0 Å². The minimum Gasteiger partial charge on any atom is -0.283 e. The molecular weight excluding hydrogens is 292 g/mol. The van der Waals surface area contributed by atoms with E-state index >= 15 is 0 Å². The Labute approximate surface area is 136 Å². The normalized spacial score (nSPS) is 12.6. The largest absolute Gasteiger partial charge is 0.283 e. The van der Waals surface area contributed by atoms with Crippen LogP contribution >= 0.6 is 12.6 Å². The van der Waals surface area contributed by atoms with Gasteiger partial charge in [-0.15, -0.1) is 0 Å². The quantitative estimate of drug-likeness (QED) is 0.543. The molecule has 0 aliphatic heterocycles. The topological polar surface area (TPSA) is 43.6 Å². The lowest BCUT2D eigenvalue weighted by Gasteiger charge is -2.10. The fraction of sp³-hybridized carbons (Fsp3) is 0.353. The number of fused-ring (bicyclic) bond motifs is 1. The van der Waals surface area contributed by atoms with Crippen LogP contribution < -0.4 is 0 Å². The standard InChI is InChI=1S/C17H20N4S/c1-2-3-4-9-15(22)17-18-11-10-16(20-17)21-12-19-13-7-5-6-8-14(13)21/h5-8,10-12,15,22H,2-4,9H2,1H3. The summed E-state index contributed by atoms with van der Waals surface area (Å²) in [6.07, 6.45) is 8.21. The summed E-state index contributed by atoms with van der Waals surface area (Å²) in [6.45, 7) is 2.20. The van der Waals surface area contributed by atoms with E-state index in [0.717, 1.165) is 35.5 Å². The molecule has 114 valence electrons. The molecule has 1 unspecified atom stereocenters. The Morgan fingerprint density at radius 2 is 2.00 bits per heavy atom. The van der Waals surface area contributed by atoms with Crippen molar-refractivity contribution in [2.45, 2.75) is 37.9 Å². The van der Waals surface area contributed by atoms with Crippen LogP contribution in [0.25, 0.3) is 16.9 Å². The Bertz CT molecular complexity index is 753. The lowest BCUT2D eigenvalue weighted by atomic mass is 10.1. The first-order valence-electron chi connectivity index (χ1n) is 7.73. The van der Waals surface area contributed by atoms with E-state index in [0.29, 0.717) is 0 Å². The molecule has 1 atom stereocenters. The maximum Gasteiger partial charge on any atom is 0.143 e. The van der Waals surface area contributed by atoms with Crippen LogP contribution in [0, 0.1) is 0 Å². The van der Waals surface area contributed by atoms with Crippen molar-refractivity contribution in [1.82, 2.24) is 19.5 Å². The van der Waals surface area contributed by atoms with Crippen LogP contribution in [-0.4, -0.2) is 19.5 Å². The Hall–Kier alpha value is -1.88. The van der Waals surface area contributed by atoms with Crippen LogP contribution in [0.3, 0.4) is 0 Å². The third-order valence-corrected chi connectivity index (χ3v) is 4.23. The summed E-state index contributed by atoms with van der Waals surface area (Å²) in [7, 11) is 0. The van der Waals surface area contributed by atoms with Gasteiger partial charge in [0.1, 0.15) is 18.0 Å². The van der Waals surface area contributed by atoms with Crippen molar-refractivity contribution in [1.29, 1.82) is 0 Å². The van der Waals surface area contributed by atoms with E-state index in [2.05, 4.69) is 34.5 Å². The van der Waals surface area contributed by atoms with Crippen molar-refractivity contribution in [3.05, 3.63) is 48.7 Å². The first-order chi connectivity index (χ1) is 10.8. The number of aromatic nitrogens is 4. The second-order valence-corrected chi connectivity index (χ2v) is 6.01. The zero-order valence-electron chi connectivity index (χ0n) is 12.7. The number of imidazole rings is 1. The summed E-state index contributed by atoms with van der Waals surface area (Å²) in [5.41, 5.74) is 2.02. The number of thiol groups is 1. The molecule has 0 bridgehead atoms. The van der Waals surface area contributed by atoms with Gasteiger partial charge in [-0.25, -0.2) is 15.0 Å². The van der Waals surface area contributed by atoms with Crippen molar-refractivity contribution in [3.8, 4) is 5.82 Å². The monoisotopic (exact) mass is 312 g/mol.